The van der Waals surface area contributed by atoms with Gasteiger partial charge in [0.1, 0.15) is 11.6 Å². The molecule has 0 saturated carbocycles. The summed E-state index contributed by atoms with van der Waals surface area (Å²) in [5.41, 5.74) is 0.328. The first-order valence-corrected chi connectivity index (χ1v) is 10.1. The van der Waals surface area contributed by atoms with Crippen molar-refractivity contribution in [2.24, 2.45) is 0 Å². The number of alkyl halides is 3. The molecule has 1 aliphatic rings. The van der Waals surface area contributed by atoms with Gasteiger partial charge < -0.3 is 15.3 Å². The van der Waals surface area contributed by atoms with Crippen LogP contribution in [0.4, 0.5) is 29.1 Å². The number of nitrogens with one attached hydrogen (secondary N) is 1. The van der Waals surface area contributed by atoms with Gasteiger partial charge in [0.05, 0.1) is 11.8 Å². The summed E-state index contributed by atoms with van der Waals surface area (Å²) in [4.78, 5) is 13.5. The Morgan fingerprint density at radius 3 is 2.41 bits per heavy atom. The number of benzene rings is 1. The lowest BCUT2D eigenvalue weighted by atomic mass is 10.1. The maximum atomic E-state index is 14.7. The van der Waals surface area contributed by atoms with Crippen molar-refractivity contribution in [2.45, 2.75) is 31.7 Å². The van der Waals surface area contributed by atoms with Crippen molar-refractivity contribution in [1.82, 2.24) is 15.0 Å². The lowest BCUT2D eigenvalue weighted by Gasteiger charge is -2.31. The first-order valence-electron chi connectivity index (χ1n) is 10.1. The van der Waals surface area contributed by atoms with E-state index in [0.29, 0.717) is 42.7 Å². The summed E-state index contributed by atoms with van der Waals surface area (Å²) < 4.78 is 54.6. The van der Waals surface area contributed by atoms with Crippen LogP contribution >= 0.6 is 0 Å². The van der Waals surface area contributed by atoms with E-state index in [0.717, 1.165) is 6.07 Å². The summed E-state index contributed by atoms with van der Waals surface area (Å²) in [6.07, 6.45) is -0.949. The fraction of sp³-hybridized carbons (Fsp3) is 0.318. The molecule has 10 heteroatoms. The van der Waals surface area contributed by atoms with Crippen LogP contribution in [0.5, 0.6) is 0 Å². The maximum Gasteiger partial charge on any atom is 0.433 e. The zero-order valence-electron chi connectivity index (χ0n) is 17.0. The molecule has 1 aromatic carbocycles. The van der Waals surface area contributed by atoms with Crippen LogP contribution in [0.2, 0.25) is 0 Å². The van der Waals surface area contributed by atoms with Crippen LogP contribution < -0.4 is 10.2 Å². The van der Waals surface area contributed by atoms with Gasteiger partial charge in [0.2, 0.25) is 0 Å². The van der Waals surface area contributed by atoms with Crippen LogP contribution in [0, 0.1) is 5.82 Å². The average molecular weight is 447 g/mol. The molecule has 2 aromatic heterocycles. The van der Waals surface area contributed by atoms with Crippen LogP contribution in [0.1, 0.15) is 24.1 Å². The third kappa shape index (κ3) is 5.13. The van der Waals surface area contributed by atoms with Crippen molar-refractivity contribution in [3.05, 3.63) is 65.9 Å². The summed E-state index contributed by atoms with van der Waals surface area (Å²) >= 11 is 0. The Balaban J connectivity index is 1.52. The third-order valence-corrected chi connectivity index (χ3v) is 5.25. The topological polar surface area (TPSA) is 74.2 Å². The molecule has 0 amide bonds. The average Bonchev–Trinajstić information content (AvgIpc) is 2.78. The summed E-state index contributed by atoms with van der Waals surface area (Å²) in [5, 5.41) is 12.5. The number of anilines is 2. The molecule has 32 heavy (non-hydrogen) atoms. The van der Waals surface area contributed by atoms with E-state index < -0.39 is 17.7 Å². The van der Waals surface area contributed by atoms with Gasteiger partial charge in [-0.2, -0.15) is 13.2 Å². The van der Waals surface area contributed by atoms with Gasteiger partial charge in [-0.25, -0.2) is 14.4 Å². The van der Waals surface area contributed by atoms with Gasteiger partial charge in [0.15, 0.2) is 11.5 Å². The largest absolute Gasteiger partial charge is 0.433 e. The zero-order valence-corrected chi connectivity index (χ0v) is 17.0. The molecule has 1 fully saturated rings. The van der Waals surface area contributed by atoms with Gasteiger partial charge in [-0.15, -0.1) is 0 Å². The van der Waals surface area contributed by atoms with Crippen molar-refractivity contribution in [3.63, 3.8) is 0 Å². The minimum absolute atomic E-state index is 0.0198. The lowest BCUT2D eigenvalue weighted by molar-refractivity contribution is -0.141. The molecule has 0 radical (unpaired) electrons. The number of piperidine rings is 1. The van der Waals surface area contributed by atoms with E-state index >= 15 is 0 Å². The number of aliphatic hydroxyl groups is 1. The minimum atomic E-state index is -4.64. The highest BCUT2D eigenvalue weighted by Crippen LogP contribution is 2.31. The quantitative estimate of drug-likeness (QED) is 0.569. The number of hydrogen-bond donors (Lipinski definition) is 2. The van der Waals surface area contributed by atoms with E-state index in [1.807, 2.05) is 4.90 Å². The van der Waals surface area contributed by atoms with Crippen molar-refractivity contribution >= 4 is 11.5 Å². The van der Waals surface area contributed by atoms with E-state index in [2.05, 4.69) is 20.3 Å². The second kappa shape index (κ2) is 9.07. The first-order chi connectivity index (χ1) is 15.3. The number of rotatable bonds is 5. The second-order valence-corrected chi connectivity index (χ2v) is 7.55. The van der Waals surface area contributed by atoms with E-state index in [9.17, 15) is 22.7 Å². The standard InChI is InChI=1S/C22H21F4N5O/c23-17-11-14(1-2-18(17)31-9-5-16(32)6-10-31)13-28-20-12-19(22(24,25)26)29-21(30-20)15-3-7-27-8-4-15/h1-4,7-8,11-12,16,32H,5-6,9-10,13H2,(H,28,29,30). The Labute approximate surface area is 182 Å². The van der Waals surface area contributed by atoms with Gasteiger partial charge in [0, 0.05) is 43.7 Å². The Morgan fingerprint density at radius 2 is 1.75 bits per heavy atom. The summed E-state index contributed by atoms with van der Waals surface area (Å²) in [6.45, 7) is 1.21. The molecule has 3 heterocycles. The van der Waals surface area contributed by atoms with Crippen LogP contribution in [-0.2, 0) is 12.7 Å². The number of hydrogen-bond acceptors (Lipinski definition) is 6. The zero-order chi connectivity index (χ0) is 22.7. The van der Waals surface area contributed by atoms with Gasteiger partial charge in [-0.3, -0.25) is 4.98 Å². The number of aromatic nitrogens is 3. The Bertz CT molecular complexity index is 1070. The van der Waals surface area contributed by atoms with Gasteiger partial charge in [-0.05, 0) is 42.7 Å². The molecule has 0 bridgehead atoms. The summed E-state index contributed by atoms with van der Waals surface area (Å²) in [6, 6.07) is 8.58. The molecule has 168 valence electrons. The van der Waals surface area contributed by atoms with Crippen molar-refractivity contribution in [2.75, 3.05) is 23.3 Å². The van der Waals surface area contributed by atoms with Crippen molar-refractivity contribution < 1.29 is 22.7 Å². The van der Waals surface area contributed by atoms with E-state index in [1.54, 1.807) is 12.1 Å². The smallest absolute Gasteiger partial charge is 0.393 e. The van der Waals surface area contributed by atoms with Crippen LogP contribution in [0.3, 0.4) is 0 Å². The minimum Gasteiger partial charge on any atom is -0.393 e. The number of halogens is 4. The van der Waals surface area contributed by atoms with Gasteiger partial charge in [-0.1, -0.05) is 6.07 Å². The third-order valence-electron chi connectivity index (χ3n) is 5.25. The second-order valence-electron chi connectivity index (χ2n) is 7.55. The SMILES string of the molecule is OC1CCN(c2ccc(CNc3cc(C(F)(F)F)nc(-c4ccncc4)n3)cc2F)CC1. The summed E-state index contributed by atoms with van der Waals surface area (Å²) in [7, 11) is 0. The van der Waals surface area contributed by atoms with Crippen molar-refractivity contribution in [3.8, 4) is 11.4 Å². The fourth-order valence-corrected chi connectivity index (χ4v) is 3.53. The first kappa shape index (κ1) is 21.9. The normalized spacial score (nSPS) is 15.1. The number of nitrogens with zero attached hydrogens (tertiary/aromatic N) is 4. The van der Waals surface area contributed by atoms with E-state index in [-0.39, 0.29) is 24.3 Å². The number of aliphatic hydroxyl groups excluding tert-OH is 1. The van der Waals surface area contributed by atoms with E-state index in [4.69, 9.17) is 0 Å². The highest BCUT2D eigenvalue weighted by molar-refractivity contribution is 5.57. The predicted molar refractivity (Wildman–Crippen MR) is 111 cm³/mol. The Morgan fingerprint density at radius 1 is 1.03 bits per heavy atom. The lowest BCUT2D eigenvalue weighted by Crippen LogP contribution is -2.36. The molecule has 6 nitrogen and oxygen atoms in total. The molecule has 4 rings (SSSR count). The van der Waals surface area contributed by atoms with E-state index in [1.165, 1.54) is 30.6 Å². The molecule has 0 spiro atoms. The predicted octanol–water partition coefficient (Wildman–Crippen LogP) is 4.27. The monoisotopic (exact) mass is 447 g/mol. The maximum absolute atomic E-state index is 14.7. The molecule has 0 atom stereocenters. The molecule has 1 saturated heterocycles. The van der Waals surface area contributed by atoms with Gasteiger partial charge in [0.25, 0.3) is 0 Å². The number of pyridine rings is 1. The molecular weight excluding hydrogens is 426 g/mol. The van der Waals surface area contributed by atoms with Gasteiger partial charge >= 0.3 is 6.18 Å². The molecule has 1 aliphatic heterocycles. The Kier molecular flexibility index (Phi) is 6.22. The molecule has 3 aromatic rings. The van der Waals surface area contributed by atoms with Crippen LogP contribution in [0.25, 0.3) is 11.4 Å². The molecule has 2 N–H and O–H groups in total. The molecule has 0 aliphatic carbocycles. The highest BCUT2D eigenvalue weighted by Gasteiger charge is 2.34. The molecular formula is C22H21F4N5O. The van der Waals surface area contributed by atoms with Crippen molar-refractivity contribution in [1.29, 1.82) is 0 Å². The van der Waals surface area contributed by atoms with Crippen LogP contribution in [-0.4, -0.2) is 39.3 Å². The summed E-state index contributed by atoms with van der Waals surface area (Å²) in [5.74, 6) is -0.524. The molecule has 0 unspecified atom stereocenters. The van der Waals surface area contributed by atoms with Crippen LogP contribution in [0.15, 0.2) is 48.8 Å². The highest BCUT2D eigenvalue weighted by atomic mass is 19.4. The Hall–Kier alpha value is -3.27. The fourth-order valence-electron chi connectivity index (χ4n) is 3.53.